The molecule has 3 heteroatoms. The van der Waals surface area contributed by atoms with E-state index in [1.807, 2.05) is 44.2 Å². The van der Waals surface area contributed by atoms with Crippen LogP contribution in [-0.2, 0) is 6.42 Å². The number of benzene rings is 1. The predicted octanol–water partition coefficient (Wildman–Crippen LogP) is 2.38. The van der Waals surface area contributed by atoms with Crippen LogP contribution < -0.4 is 0 Å². The minimum atomic E-state index is 0.0595. The van der Waals surface area contributed by atoms with E-state index in [1.54, 1.807) is 10.9 Å². The summed E-state index contributed by atoms with van der Waals surface area (Å²) >= 11 is 0. The van der Waals surface area contributed by atoms with Crippen molar-refractivity contribution < 1.29 is 4.79 Å². The minimum absolute atomic E-state index is 0.0595. The fourth-order valence-electron chi connectivity index (χ4n) is 1.61. The molecule has 0 N–H and O–H groups in total. The maximum Gasteiger partial charge on any atom is 0.236 e. The number of carbonyl (C=O) groups is 1. The molecule has 0 aliphatic carbocycles. The standard InChI is InChI=1S/C13H14N2O/c1-10-11(2)15(9-14-10)13(16)8-12-6-4-3-5-7-12/h3-7,9H,8H2,1-2H3. The van der Waals surface area contributed by atoms with Gasteiger partial charge in [0.25, 0.3) is 0 Å². The Labute approximate surface area is 94.7 Å². The van der Waals surface area contributed by atoms with E-state index in [0.717, 1.165) is 17.0 Å². The van der Waals surface area contributed by atoms with Crippen molar-refractivity contribution in [1.82, 2.24) is 9.55 Å². The molecule has 0 aliphatic rings. The van der Waals surface area contributed by atoms with Crippen LogP contribution in [0.3, 0.4) is 0 Å². The third-order valence-electron chi connectivity index (χ3n) is 2.72. The van der Waals surface area contributed by atoms with Gasteiger partial charge >= 0.3 is 0 Å². The van der Waals surface area contributed by atoms with Crippen molar-refractivity contribution in [2.75, 3.05) is 0 Å². The van der Waals surface area contributed by atoms with Crippen LogP contribution in [0.1, 0.15) is 21.7 Å². The summed E-state index contributed by atoms with van der Waals surface area (Å²) in [6.07, 6.45) is 2.01. The van der Waals surface area contributed by atoms with Gasteiger partial charge in [-0.1, -0.05) is 30.3 Å². The number of hydrogen-bond acceptors (Lipinski definition) is 2. The molecule has 1 aromatic carbocycles. The van der Waals surface area contributed by atoms with Gasteiger partial charge in [-0.05, 0) is 19.4 Å². The molecule has 0 radical (unpaired) electrons. The Morgan fingerprint density at radius 1 is 1.25 bits per heavy atom. The van der Waals surface area contributed by atoms with E-state index in [1.165, 1.54) is 0 Å². The molecule has 0 fully saturated rings. The molecule has 16 heavy (non-hydrogen) atoms. The number of hydrogen-bond donors (Lipinski definition) is 0. The first kappa shape index (κ1) is 10.6. The second-order valence-electron chi connectivity index (χ2n) is 3.84. The van der Waals surface area contributed by atoms with Gasteiger partial charge in [0.05, 0.1) is 12.1 Å². The normalized spacial score (nSPS) is 10.4. The van der Waals surface area contributed by atoms with Crippen molar-refractivity contribution in [3.05, 3.63) is 53.6 Å². The molecule has 0 spiro atoms. The Kier molecular flexibility index (Phi) is 2.86. The Balaban J connectivity index is 2.18. The average Bonchev–Trinajstić information content (AvgIpc) is 2.61. The van der Waals surface area contributed by atoms with E-state index >= 15 is 0 Å². The zero-order valence-corrected chi connectivity index (χ0v) is 9.47. The summed E-state index contributed by atoms with van der Waals surface area (Å²) in [6, 6.07) is 9.73. The Morgan fingerprint density at radius 3 is 2.50 bits per heavy atom. The molecule has 1 heterocycles. The Morgan fingerprint density at radius 2 is 1.94 bits per heavy atom. The molecular weight excluding hydrogens is 200 g/mol. The molecule has 3 nitrogen and oxygen atoms in total. The van der Waals surface area contributed by atoms with Crippen molar-refractivity contribution in [3.63, 3.8) is 0 Å². The first-order valence-corrected chi connectivity index (χ1v) is 5.26. The van der Waals surface area contributed by atoms with Gasteiger partial charge in [-0.2, -0.15) is 0 Å². The maximum atomic E-state index is 12.0. The van der Waals surface area contributed by atoms with Crippen LogP contribution in [-0.4, -0.2) is 15.5 Å². The molecule has 0 saturated carbocycles. The molecule has 0 bridgehead atoms. The van der Waals surface area contributed by atoms with Gasteiger partial charge in [0.2, 0.25) is 5.91 Å². The summed E-state index contributed by atoms with van der Waals surface area (Å²) < 4.78 is 1.61. The summed E-state index contributed by atoms with van der Waals surface area (Å²) in [4.78, 5) is 16.1. The van der Waals surface area contributed by atoms with Gasteiger partial charge in [0.15, 0.2) is 0 Å². The van der Waals surface area contributed by atoms with Crippen LogP contribution in [0.15, 0.2) is 36.7 Å². The molecule has 1 aromatic heterocycles. The van der Waals surface area contributed by atoms with E-state index in [0.29, 0.717) is 6.42 Å². The monoisotopic (exact) mass is 214 g/mol. The first-order valence-electron chi connectivity index (χ1n) is 5.26. The van der Waals surface area contributed by atoms with Gasteiger partial charge in [-0.25, -0.2) is 4.98 Å². The van der Waals surface area contributed by atoms with Crippen molar-refractivity contribution in [2.24, 2.45) is 0 Å². The largest absolute Gasteiger partial charge is 0.274 e. The lowest BCUT2D eigenvalue weighted by Gasteiger charge is -2.04. The summed E-state index contributed by atoms with van der Waals surface area (Å²) in [5.74, 6) is 0.0595. The molecule has 0 unspecified atom stereocenters. The highest BCUT2D eigenvalue weighted by molar-refractivity contribution is 5.81. The van der Waals surface area contributed by atoms with Gasteiger partial charge in [0.1, 0.15) is 6.33 Å². The number of carbonyl (C=O) groups excluding carboxylic acids is 1. The zero-order valence-electron chi connectivity index (χ0n) is 9.47. The molecule has 2 aromatic rings. The minimum Gasteiger partial charge on any atom is -0.274 e. The van der Waals surface area contributed by atoms with Crippen LogP contribution >= 0.6 is 0 Å². The fourth-order valence-corrected chi connectivity index (χ4v) is 1.61. The topological polar surface area (TPSA) is 34.9 Å². The third kappa shape index (κ3) is 2.03. The lowest BCUT2D eigenvalue weighted by Crippen LogP contribution is -2.14. The number of aromatic nitrogens is 2. The molecular formula is C13H14N2O. The van der Waals surface area contributed by atoms with Crippen LogP contribution in [0.5, 0.6) is 0 Å². The van der Waals surface area contributed by atoms with Crippen LogP contribution in [0.4, 0.5) is 0 Å². The molecule has 0 amide bonds. The highest BCUT2D eigenvalue weighted by atomic mass is 16.2. The van der Waals surface area contributed by atoms with Crippen LogP contribution in [0, 0.1) is 13.8 Å². The zero-order chi connectivity index (χ0) is 11.5. The van der Waals surface area contributed by atoms with Crippen molar-refractivity contribution in [2.45, 2.75) is 20.3 Å². The molecule has 0 atom stereocenters. The first-order chi connectivity index (χ1) is 7.68. The molecule has 0 aliphatic heterocycles. The SMILES string of the molecule is Cc1ncn(C(=O)Cc2ccccc2)c1C. The average molecular weight is 214 g/mol. The van der Waals surface area contributed by atoms with Crippen molar-refractivity contribution >= 4 is 5.91 Å². The summed E-state index contributed by atoms with van der Waals surface area (Å²) in [7, 11) is 0. The fraction of sp³-hybridized carbons (Fsp3) is 0.231. The van der Waals surface area contributed by atoms with E-state index in [2.05, 4.69) is 4.98 Å². The number of rotatable bonds is 2. The smallest absolute Gasteiger partial charge is 0.236 e. The third-order valence-corrected chi connectivity index (χ3v) is 2.72. The van der Waals surface area contributed by atoms with E-state index < -0.39 is 0 Å². The summed E-state index contributed by atoms with van der Waals surface area (Å²) in [5, 5.41) is 0. The van der Waals surface area contributed by atoms with E-state index in [4.69, 9.17) is 0 Å². The van der Waals surface area contributed by atoms with E-state index in [9.17, 15) is 4.79 Å². The van der Waals surface area contributed by atoms with Gasteiger partial charge in [-0.15, -0.1) is 0 Å². The lowest BCUT2D eigenvalue weighted by molar-refractivity contribution is 0.0912. The molecule has 0 saturated heterocycles. The number of nitrogens with zero attached hydrogens (tertiary/aromatic N) is 2. The molecule has 82 valence electrons. The Hall–Kier alpha value is -1.90. The van der Waals surface area contributed by atoms with Gasteiger partial charge in [0, 0.05) is 5.69 Å². The second kappa shape index (κ2) is 4.31. The maximum absolute atomic E-state index is 12.0. The van der Waals surface area contributed by atoms with Crippen molar-refractivity contribution in [1.29, 1.82) is 0 Å². The summed E-state index contributed by atoms with van der Waals surface area (Å²) in [6.45, 7) is 3.81. The van der Waals surface area contributed by atoms with Crippen LogP contribution in [0.25, 0.3) is 0 Å². The second-order valence-corrected chi connectivity index (χ2v) is 3.84. The lowest BCUT2D eigenvalue weighted by atomic mass is 10.1. The highest BCUT2D eigenvalue weighted by Crippen LogP contribution is 2.07. The van der Waals surface area contributed by atoms with Gasteiger partial charge < -0.3 is 0 Å². The van der Waals surface area contributed by atoms with Gasteiger partial charge in [-0.3, -0.25) is 9.36 Å². The van der Waals surface area contributed by atoms with Crippen LogP contribution in [0.2, 0.25) is 0 Å². The number of aryl methyl sites for hydroxylation is 1. The number of imidazole rings is 1. The molecule has 2 rings (SSSR count). The predicted molar refractivity (Wildman–Crippen MR) is 62.5 cm³/mol. The quantitative estimate of drug-likeness (QED) is 0.769. The summed E-state index contributed by atoms with van der Waals surface area (Å²) in [5.41, 5.74) is 2.85. The highest BCUT2D eigenvalue weighted by Gasteiger charge is 2.10. The van der Waals surface area contributed by atoms with Crippen molar-refractivity contribution in [3.8, 4) is 0 Å². The Bertz CT molecular complexity index is 500. The van der Waals surface area contributed by atoms with E-state index in [-0.39, 0.29) is 5.91 Å².